The minimum Gasteiger partial charge on any atom is -0.489 e. The van der Waals surface area contributed by atoms with Crippen LogP contribution in [0.2, 0.25) is 10.0 Å². The van der Waals surface area contributed by atoms with Crippen molar-refractivity contribution in [1.82, 2.24) is 5.32 Å². The van der Waals surface area contributed by atoms with Gasteiger partial charge in [0.15, 0.2) is 0 Å². The molecule has 1 atom stereocenters. The zero-order valence-corrected chi connectivity index (χ0v) is 36.6. The summed E-state index contributed by atoms with van der Waals surface area (Å²) in [6, 6.07) is 63.9. The SMILES string of the molecule is Nc1ccc(Oc2ccc(Cl)cc2)cc1.O=C1NCC(c2cccc(OCc3ccccc3)c2)N1c1ccc(Oc2ccc(Cl)cc2)cc1.O=Cc1cccc(OCc2ccccc2)c1. The van der Waals surface area contributed by atoms with Crippen LogP contribution >= 0.6 is 23.2 Å². The molecule has 1 unspecified atom stereocenters. The first kappa shape index (κ1) is 45.3. The molecule has 65 heavy (non-hydrogen) atoms. The van der Waals surface area contributed by atoms with Crippen LogP contribution in [-0.4, -0.2) is 18.9 Å². The molecule has 1 aliphatic rings. The van der Waals surface area contributed by atoms with Crippen molar-refractivity contribution in [3.63, 3.8) is 0 Å². The molecule has 1 fully saturated rings. The zero-order valence-electron chi connectivity index (χ0n) is 35.1. The van der Waals surface area contributed by atoms with Crippen LogP contribution in [0.15, 0.2) is 206 Å². The van der Waals surface area contributed by atoms with E-state index in [1.54, 1.807) is 53.4 Å². The standard InChI is InChI=1S/C28H23ClN2O3.C14H12O2.C12H10ClNO/c29-22-9-13-24(14-10-22)34-25-15-11-23(12-16-25)31-27(18-30-28(31)32)21-7-4-8-26(17-21)33-19-20-5-2-1-3-6-20;15-10-13-7-4-8-14(9-13)16-11-12-5-2-1-3-6-12;13-9-1-5-11(6-2-9)15-12-7-3-10(14)4-8-12/h1-17,27H,18-19H2,(H,30,32);1-10H,11H2;1-8H,14H2. The number of halogens is 2. The number of urea groups is 1. The Balaban J connectivity index is 0.000000168. The third-order valence-electron chi connectivity index (χ3n) is 9.80. The fourth-order valence-electron chi connectivity index (χ4n) is 6.53. The topological polar surface area (TPSA) is 112 Å². The van der Waals surface area contributed by atoms with Crippen molar-refractivity contribution in [2.24, 2.45) is 0 Å². The van der Waals surface area contributed by atoms with Gasteiger partial charge in [-0.1, -0.05) is 108 Å². The monoisotopic (exact) mass is 901 g/mol. The van der Waals surface area contributed by atoms with Gasteiger partial charge < -0.3 is 30.0 Å². The number of rotatable bonds is 13. The molecule has 1 saturated heterocycles. The van der Waals surface area contributed by atoms with Crippen LogP contribution in [0.3, 0.4) is 0 Å². The lowest BCUT2D eigenvalue weighted by Crippen LogP contribution is -2.29. The van der Waals surface area contributed by atoms with Crippen LogP contribution in [0.4, 0.5) is 16.2 Å². The smallest absolute Gasteiger partial charge is 0.322 e. The first-order valence-corrected chi connectivity index (χ1v) is 21.4. The predicted molar refractivity (Wildman–Crippen MR) is 259 cm³/mol. The summed E-state index contributed by atoms with van der Waals surface area (Å²) in [6.45, 7) is 1.53. The van der Waals surface area contributed by atoms with Crippen LogP contribution in [0.25, 0.3) is 0 Å². The molecule has 0 spiro atoms. The molecule has 0 aromatic heterocycles. The van der Waals surface area contributed by atoms with E-state index in [1.165, 1.54) is 0 Å². The number of aldehydes is 1. The van der Waals surface area contributed by atoms with Gasteiger partial charge in [0, 0.05) is 33.5 Å². The summed E-state index contributed by atoms with van der Waals surface area (Å²) in [5.41, 5.74) is 10.9. The van der Waals surface area contributed by atoms with Gasteiger partial charge in [0.05, 0.1) is 6.04 Å². The Labute approximate surface area is 388 Å². The predicted octanol–water partition coefficient (Wildman–Crippen LogP) is 13.8. The van der Waals surface area contributed by atoms with Gasteiger partial charge in [0.1, 0.15) is 54.0 Å². The number of nitrogen functional groups attached to an aromatic ring is 1. The highest BCUT2D eigenvalue weighted by Crippen LogP contribution is 2.34. The summed E-state index contributed by atoms with van der Waals surface area (Å²) < 4.78 is 23.0. The second-order valence-electron chi connectivity index (χ2n) is 14.6. The first-order chi connectivity index (χ1) is 31.8. The number of nitrogens with two attached hydrogens (primary N) is 1. The van der Waals surface area contributed by atoms with Crippen LogP contribution in [0.1, 0.15) is 33.1 Å². The van der Waals surface area contributed by atoms with Crippen molar-refractivity contribution in [3.05, 3.63) is 239 Å². The van der Waals surface area contributed by atoms with E-state index in [2.05, 4.69) is 5.32 Å². The first-order valence-electron chi connectivity index (χ1n) is 20.7. The van der Waals surface area contributed by atoms with Gasteiger partial charge in [0.2, 0.25) is 0 Å². The van der Waals surface area contributed by atoms with Crippen molar-refractivity contribution in [1.29, 1.82) is 0 Å². The number of carbonyl (C=O) groups excluding carboxylic acids is 2. The Morgan fingerprint density at radius 3 is 1.51 bits per heavy atom. The van der Waals surface area contributed by atoms with E-state index in [1.807, 2.05) is 158 Å². The number of benzene rings is 8. The summed E-state index contributed by atoms with van der Waals surface area (Å²) >= 11 is 11.7. The van der Waals surface area contributed by atoms with Gasteiger partial charge in [-0.3, -0.25) is 9.69 Å². The van der Waals surface area contributed by atoms with Crippen molar-refractivity contribution in [3.8, 4) is 34.5 Å². The van der Waals surface area contributed by atoms with E-state index in [0.29, 0.717) is 52.6 Å². The summed E-state index contributed by atoms with van der Waals surface area (Å²) in [7, 11) is 0. The molecule has 1 heterocycles. The lowest BCUT2D eigenvalue weighted by molar-refractivity contribution is 0.112. The fraction of sp³-hybridized carbons (Fsp3) is 0.0741. The molecule has 9 rings (SSSR count). The minimum atomic E-state index is -0.143. The highest BCUT2D eigenvalue weighted by atomic mass is 35.5. The Kier molecular flexibility index (Phi) is 16.1. The lowest BCUT2D eigenvalue weighted by Gasteiger charge is -2.24. The quantitative estimate of drug-likeness (QED) is 0.0875. The van der Waals surface area contributed by atoms with E-state index in [-0.39, 0.29) is 12.1 Å². The molecule has 2 amide bonds. The van der Waals surface area contributed by atoms with Crippen LogP contribution < -0.4 is 34.9 Å². The molecule has 1 aliphatic heterocycles. The maximum Gasteiger partial charge on any atom is 0.322 e. The summed E-state index contributed by atoms with van der Waals surface area (Å²) in [5.74, 6) is 4.37. The zero-order chi connectivity index (χ0) is 45.2. The molecule has 0 aliphatic carbocycles. The van der Waals surface area contributed by atoms with Crippen molar-refractivity contribution >= 4 is 46.9 Å². The number of hydrogen-bond acceptors (Lipinski definition) is 7. The van der Waals surface area contributed by atoms with E-state index < -0.39 is 0 Å². The van der Waals surface area contributed by atoms with Crippen molar-refractivity contribution in [2.45, 2.75) is 19.3 Å². The number of amides is 2. The summed E-state index contributed by atoms with van der Waals surface area (Å²) in [4.78, 5) is 25.0. The molecule has 8 aromatic carbocycles. The van der Waals surface area contributed by atoms with E-state index in [4.69, 9.17) is 47.9 Å². The van der Waals surface area contributed by atoms with Gasteiger partial charge in [-0.2, -0.15) is 0 Å². The van der Waals surface area contributed by atoms with Crippen molar-refractivity contribution < 1.29 is 28.5 Å². The maximum atomic E-state index is 12.7. The molecular weight excluding hydrogens is 858 g/mol. The summed E-state index contributed by atoms with van der Waals surface area (Å²) in [6.07, 6.45) is 0.815. The van der Waals surface area contributed by atoms with Crippen LogP contribution in [0.5, 0.6) is 34.5 Å². The van der Waals surface area contributed by atoms with Gasteiger partial charge in [-0.05, 0) is 138 Å². The maximum absolute atomic E-state index is 12.7. The van der Waals surface area contributed by atoms with E-state index in [0.717, 1.165) is 51.6 Å². The third-order valence-corrected chi connectivity index (χ3v) is 10.3. The largest absolute Gasteiger partial charge is 0.489 e. The molecule has 11 heteroatoms. The number of nitrogens with one attached hydrogen (secondary N) is 1. The van der Waals surface area contributed by atoms with Crippen molar-refractivity contribution in [2.75, 3.05) is 17.2 Å². The average molecular weight is 903 g/mol. The molecule has 0 radical (unpaired) electrons. The Bertz CT molecular complexity index is 2680. The van der Waals surface area contributed by atoms with Gasteiger partial charge in [-0.25, -0.2) is 4.79 Å². The molecular formula is C54H45Cl2N3O6. The number of nitrogens with zero attached hydrogens (tertiary/aromatic N) is 1. The normalized spacial score (nSPS) is 12.6. The molecule has 0 saturated carbocycles. The van der Waals surface area contributed by atoms with Gasteiger partial charge in [-0.15, -0.1) is 0 Å². The number of anilines is 2. The number of carbonyl (C=O) groups is 2. The Hall–Kier alpha value is -7.72. The molecule has 9 nitrogen and oxygen atoms in total. The highest BCUT2D eigenvalue weighted by molar-refractivity contribution is 6.30. The lowest BCUT2D eigenvalue weighted by atomic mass is 10.1. The number of hydrogen-bond donors (Lipinski definition) is 2. The molecule has 0 bridgehead atoms. The Morgan fingerprint density at radius 1 is 0.538 bits per heavy atom. The second-order valence-corrected chi connectivity index (χ2v) is 15.4. The van der Waals surface area contributed by atoms with Crippen LogP contribution in [0, 0.1) is 0 Å². The third kappa shape index (κ3) is 13.9. The minimum absolute atomic E-state index is 0.132. The molecule has 8 aromatic rings. The van der Waals surface area contributed by atoms with Crippen LogP contribution in [-0.2, 0) is 13.2 Å². The average Bonchev–Trinajstić information content (AvgIpc) is 3.75. The van der Waals surface area contributed by atoms with Gasteiger partial charge in [0.25, 0.3) is 0 Å². The number of ether oxygens (including phenoxy) is 4. The fourth-order valence-corrected chi connectivity index (χ4v) is 6.78. The highest BCUT2D eigenvalue weighted by Gasteiger charge is 2.33. The Morgan fingerprint density at radius 2 is 1.00 bits per heavy atom. The molecule has 326 valence electrons. The summed E-state index contributed by atoms with van der Waals surface area (Å²) in [5, 5.41) is 4.31. The van der Waals surface area contributed by atoms with Gasteiger partial charge >= 0.3 is 6.03 Å². The molecule has 3 N–H and O–H groups in total. The van der Waals surface area contributed by atoms with E-state index in [9.17, 15) is 9.59 Å². The second kappa shape index (κ2) is 23.1. The van der Waals surface area contributed by atoms with E-state index >= 15 is 0 Å².